The van der Waals surface area contributed by atoms with Crippen molar-refractivity contribution in [2.45, 2.75) is 63.7 Å². The van der Waals surface area contributed by atoms with Gasteiger partial charge in [0.25, 0.3) is 0 Å². The normalized spacial score (nSPS) is 14.9. The molecule has 12 nitrogen and oxygen atoms in total. The number of carbonyl (C=O) groups is 5. The van der Waals surface area contributed by atoms with Crippen molar-refractivity contribution in [2.24, 2.45) is 11.5 Å². The lowest BCUT2D eigenvalue weighted by atomic mass is 10.1. The highest BCUT2D eigenvalue weighted by atomic mass is 16.4. The third-order valence-corrected chi connectivity index (χ3v) is 3.73. The SMILES string of the molecule is CC(N)C(=O)NC(CCCCN)C(=O)NC(CC(=O)O)C(=O)NC(C)C(=O)O. The van der Waals surface area contributed by atoms with Crippen LogP contribution in [-0.4, -0.2) is 70.6 Å². The number of rotatable bonds is 13. The molecule has 0 bridgehead atoms. The van der Waals surface area contributed by atoms with Gasteiger partial charge in [-0.3, -0.25) is 24.0 Å². The summed E-state index contributed by atoms with van der Waals surface area (Å²) >= 11 is 0. The molecule has 12 heteroatoms. The van der Waals surface area contributed by atoms with Gasteiger partial charge in [-0.25, -0.2) is 0 Å². The average molecular weight is 403 g/mol. The number of nitrogens with one attached hydrogen (secondary N) is 3. The van der Waals surface area contributed by atoms with Crippen LogP contribution in [-0.2, 0) is 24.0 Å². The summed E-state index contributed by atoms with van der Waals surface area (Å²) in [6.07, 6.45) is 0.530. The van der Waals surface area contributed by atoms with Crippen LogP contribution in [0.4, 0.5) is 0 Å². The Bertz CT molecular complexity index is 582. The Hall–Kier alpha value is -2.73. The van der Waals surface area contributed by atoms with Crippen molar-refractivity contribution < 1.29 is 34.2 Å². The minimum Gasteiger partial charge on any atom is -0.481 e. The third-order valence-electron chi connectivity index (χ3n) is 3.73. The van der Waals surface area contributed by atoms with E-state index in [0.29, 0.717) is 19.4 Å². The average Bonchev–Trinajstić information content (AvgIpc) is 2.59. The van der Waals surface area contributed by atoms with Crippen LogP contribution in [0.5, 0.6) is 0 Å². The number of aliphatic carboxylic acids is 2. The number of nitrogens with two attached hydrogens (primary N) is 2. The van der Waals surface area contributed by atoms with Crippen LogP contribution in [0.2, 0.25) is 0 Å². The minimum atomic E-state index is -1.52. The molecule has 160 valence electrons. The van der Waals surface area contributed by atoms with Gasteiger partial charge in [0, 0.05) is 0 Å². The summed E-state index contributed by atoms with van der Waals surface area (Å²) in [5, 5.41) is 24.6. The Morgan fingerprint density at radius 2 is 1.39 bits per heavy atom. The first-order valence-corrected chi connectivity index (χ1v) is 8.80. The molecule has 0 spiro atoms. The fourth-order valence-electron chi connectivity index (χ4n) is 2.10. The van der Waals surface area contributed by atoms with Crippen molar-refractivity contribution in [3.05, 3.63) is 0 Å². The molecule has 0 fully saturated rings. The summed E-state index contributed by atoms with van der Waals surface area (Å²) < 4.78 is 0. The fraction of sp³-hybridized carbons (Fsp3) is 0.688. The monoisotopic (exact) mass is 403 g/mol. The molecule has 0 aromatic heterocycles. The van der Waals surface area contributed by atoms with Crippen molar-refractivity contribution in [2.75, 3.05) is 6.54 Å². The second kappa shape index (κ2) is 12.6. The highest BCUT2D eigenvalue weighted by molar-refractivity contribution is 5.95. The van der Waals surface area contributed by atoms with E-state index in [0.717, 1.165) is 0 Å². The smallest absolute Gasteiger partial charge is 0.325 e. The number of unbranched alkanes of at least 4 members (excludes halogenated alkanes) is 1. The maximum Gasteiger partial charge on any atom is 0.325 e. The Morgan fingerprint density at radius 3 is 1.86 bits per heavy atom. The van der Waals surface area contributed by atoms with Gasteiger partial charge in [0.1, 0.15) is 18.1 Å². The predicted molar refractivity (Wildman–Crippen MR) is 97.9 cm³/mol. The molecule has 0 aromatic carbocycles. The Balaban J connectivity index is 5.25. The van der Waals surface area contributed by atoms with Gasteiger partial charge in [0.15, 0.2) is 0 Å². The maximum absolute atomic E-state index is 12.5. The van der Waals surface area contributed by atoms with E-state index in [4.69, 9.17) is 21.7 Å². The molecule has 28 heavy (non-hydrogen) atoms. The van der Waals surface area contributed by atoms with Crippen molar-refractivity contribution in [1.29, 1.82) is 0 Å². The van der Waals surface area contributed by atoms with Gasteiger partial charge in [0.05, 0.1) is 12.5 Å². The third kappa shape index (κ3) is 9.83. The van der Waals surface area contributed by atoms with Crippen LogP contribution < -0.4 is 27.4 Å². The zero-order valence-corrected chi connectivity index (χ0v) is 15.9. The molecule has 4 atom stereocenters. The van der Waals surface area contributed by atoms with E-state index in [1.54, 1.807) is 0 Å². The van der Waals surface area contributed by atoms with E-state index >= 15 is 0 Å². The first-order chi connectivity index (χ1) is 13.0. The highest BCUT2D eigenvalue weighted by Gasteiger charge is 2.30. The van der Waals surface area contributed by atoms with Crippen LogP contribution >= 0.6 is 0 Å². The van der Waals surface area contributed by atoms with Gasteiger partial charge in [0.2, 0.25) is 17.7 Å². The molecule has 3 amide bonds. The van der Waals surface area contributed by atoms with Gasteiger partial charge in [-0.1, -0.05) is 0 Å². The lowest BCUT2D eigenvalue weighted by Gasteiger charge is -2.23. The van der Waals surface area contributed by atoms with E-state index in [1.807, 2.05) is 0 Å². The highest BCUT2D eigenvalue weighted by Crippen LogP contribution is 2.04. The minimum absolute atomic E-state index is 0.203. The number of hydrogen-bond donors (Lipinski definition) is 7. The Kier molecular flexibility index (Phi) is 11.4. The molecule has 9 N–H and O–H groups in total. The molecule has 0 saturated heterocycles. The first-order valence-electron chi connectivity index (χ1n) is 8.80. The fourth-order valence-corrected chi connectivity index (χ4v) is 2.10. The van der Waals surface area contributed by atoms with Crippen LogP contribution in [0.25, 0.3) is 0 Å². The van der Waals surface area contributed by atoms with E-state index in [9.17, 15) is 24.0 Å². The maximum atomic E-state index is 12.5. The summed E-state index contributed by atoms with van der Waals surface area (Å²) in [5.41, 5.74) is 10.9. The van der Waals surface area contributed by atoms with Crippen molar-refractivity contribution >= 4 is 29.7 Å². The summed E-state index contributed by atoms with van der Waals surface area (Å²) in [5.74, 6) is -5.03. The summed E-state index contributed by atoms with van der Waals surface area (Å²) in [4.78, 5) is 58.4. The lowest BCUT2D eigenvalue weighted by molar-refractivity contribution is -0.143. The van der Waals surface area contributed by atoms with Crippen molar-refractivity contribution in [3.63, 3.8) is 0 Å². The number of carboxylic acids is 2. The lowest BCUT2D eigenvalue weighted by Crippen LogP contribution is -2.57. The zero-order valence-electron chi connectivity index (χ0n) is 15.9. The van der Waals surface area contributed by atoms with Gasteiger partial charge in [-0.2, -0.15) is 0 Å². The summed E-state index contributed by atoms with van der Waals surface area (Å²) in [6, 6.07) is -4.72. The molecule has 0 aromatic rings. The number of carbonyl (C=O) groups excluding carboxylic acids is 3. The number of carboxylic acid groups (broad SMARTS) is 2. The quantitative estimate of drug-likeness (QED) is 0.161. The van der Waals surface area contributed by atoms with Gasteiger partial charge < -0.3 is 37.6 Å². The molecule has 0 aliphatic heterocycles. The standard InChI is InChI=1S/C16H29N5O7/c1-8(18)13(24)20-10(5-3-4-6-17)14(25)21-11(7-12(22)23)15(26)19-9(2)16(27)28/h8-11H,3-7,17-18H2,1-2H3,(H,19,26)(H,20,24)(H,21,25)(H,22,23)(H,27,28). The Labute approximate surface area is 162 Å². The van der Waals surface area contributed by atoms with Gasteiger partial charge >= 0.3 is 11.9 Å². The number of hydrogen-bond acceptors (Lipinski definition) is 7. The molecule has 0 saturated carbocycles. The number of amides is 3. The Morgan fingerprint density at radius 1 is 0.857 bits per heavy atom. The second-order valence-corrected chi connectivity index (χ2v) is 6.36. The molecule has 0 rings (SSSR count). The van der Waals surface area contributed by atoms with E-state index < -0.39 is 60.2 Å². The van der Waals surface area contributed by atoms with E-state index in [2.05, 4.69) is 16.0 Å². The molecule has 4 unspecified atom stereocenters. The van der Waals surface area contributed by atoms with E-state index in [-0.39, 0.29) is 6.42 Å². The molecular weight excluding hydrogens is 374 g/mol. The van der Waals surface area contributed by atoms with Crippen molar-refractivity contribution in [3.8, 4) is 0 Å². The van der Waals surface area contributed by atoms with Gasteiger partial charge in [-0.05, 0) is 39.7 Å². The van der Waals surface area contributed by atoms with Crippen LogP contribution in [0.15, 0.2) is 0 Å². The van der Waals surface area contributed by atoms with Crippen LogP contribution in [0.1, 0.15) is 39.5 Å². The molecule has 0 heterocycles. The predicted octanol–water partition coefficient (Wildman–Crippen LogP) is -2.50. The zero-order chi connectivity index (χ0) is 21.9. The second-order valence-electron chi connectivity index (χ2n) is 6.36. The topological polar surface area (TPSA) is 214 Å². The molecule has 0 aliphatic rings. The van der Waals surface area contributed by atoms with Crippen LogP contribution in [0, 0.1) is 0 Å². The van der Waals surface area contributed by atoms with E-state index in [1.165, 1.54) is 13.8 Å². The van der Waals surface area contributed by atoms with Crippen molar-refractivity contribution in [1.82, 2.24) is 16.0 Å². The molecular formula is C16H29N5O7. The molecule has 0 aliphatic carbocycles. The summed E-state index contributed by atoms with van der Waals surface area (Å²) in [6.45, 7) is 3.00. The largest absolute Gasteiger partial charge is 0.481 e. The van der Waals surface area contributed by atoms with Gasteiger partial charge in [-0.15, -0.1) is 0 Å². The first kappa shape index (κ1) is 25.3. The van der Waals surface area contributed by atoms with Crippen LogP contribution in [0.3, 0.4) is 0 Å². The summed E-state index contributed by atoms with van der Waals surface area (Å²) in [7, 11) is 0. The molecule has 0 radical (unpaired) electrons.